The minimum atomic E-state index is -0.0209. The molecule has 6 heteroatoms. The number of hydrogen-bond acceptors (Lipinski definition) is 2. The Hall–Kier alpha value is -2.27. The Bertz CT molecular complexity index is 813. The lowest BCUT2D eigenvalue weighted by Crippen LogP contribution is -2.18. The molecule has 0 amide bonds. The third-order valence-electron chi connectivity index (χ3n) is 3.57. The molecule has 0 radical (unpaired) electrons. The van der Waals surface area contributed by atoms with Gasteiger partial charge in [-0.1, -0.05) is 25.4 Å². The van der Waals surface area contributed by atoms with Gasteiger partial charge in [-0.2, -0.15) is 0 Å². The zero-order chi connectivity index (χ0) is 15.7. The molecule has 0 unspecified atom stereocenters. The third kappa shape index (κ3) is 2.72. The first-order chi connectivity index (χ1) is 10.6. The maximum atomic E-state index is 12.7. The molecule has 3 aromatic rings. The van der Waals surface area contributed by atoms with Crippen LogP contribution in [0.3, 0.4) is 0 Å². The maximum Gasteiger partial charge on any atom is 0.274 e. The summed E-state index contributed by atoms with van der Waals surface area (Å²) >= 11 is 5.91. The Morgan fingerprint density at radius 1 is 1.27 bits per heavy atom. The molecule has 0 aliphatic rings. The molecule has 3 rings (SSSR count). The second-order valence-electron chi connectivity index (χ2n) is 5.51. The highest BCUT2D eigenvalue weighted by Crippen LogP contribution is 2.18. The summed E-state index contributed by atoms with van der Waals surface area (Å²) in [5.74, 6) is 0.135. The molecule has 0 aliphatic heterocycles. The van der Waals surface area contributed by atoms with Crippen LogP contribution in [-0.2, 0) is 6.54 Å². The van der Waals surface area contributed by atoms with Crippen molar-refractivity contribution in [3.05, 3.63) is 69.6 Å². The predicted molar refractivity (Wildman–Crippen MR) is 86.8 cm³/mol. The molecule has 0 saturated heterocycles. The van der Waals surface area contributed by atoms with Gasteiger partial charge in [0.15, 0.2) is 0 Å². The highest BCUT2D eigenvalue weighted by Gasteiger charge is 2.18. The number of H-pyrrole nitrogens is 1. The molecule has 1 aromatic carbocycles. The number of hydrogen-bond donors (Lipinski definition) is 1. The Morgan fingerprint density at radius 3 is 2.59 bits per heavy atom. The Labute approximate surface area is 133 Å². The molecule has 0 spiro atoms. The number of nitrogens with one attached hydrogen (secondary N) is 1. The summed E-state index contributed by atoms with van der Waals surface area (Å²) in [5.41, 5.74) is 2.44. The molecule has 114 valence electrons. The van der Waals surface area contributed by atoms with Gasteiger partial charge < -0.3 is 4.57 Å². The molecular weight excluding hydrogens is 300 g/mol. The van der Waals surface area contributed by atoms with Gasteiger partial charge in [0.25, 0.3) is 5.56 Å². The zero-order valence-electron chi connectivity index (χ0n) is 12.5. The van der Waals surface area contributed by atoms with Crippen molar-refractivity contribution in [2.75, 3.05) is 0 Å². The van der Waals surface area contributed by atoms with E-state index in [2.05, 4.69) is 10.1 Å². The average molecular weight is 317 g/mol. The molecule has 0 aliphatic carbocycles. The lowest BCUT2D eigenvalue weighted by Gasteiger charge is -2.05. The topological polar surface area (TPSA) is 55.6 Å². The van der Waals surface area contributed by atoms with E-state index in [1.54, 1.807) is 29.3 Å². The van der Waals surface area contributed by atoms with E-state index < -0.39 is 0 Å². The second kappa shape index (κ2) is 5.85. The Morgan fingerprint density at radius 2 is 2.00 bits per heavy atom. The van der Waals surface area contributed by atoms with E-state index in [9.17, 15) is 4.79 Å². The smallest absolute Gasteiger partial charge is 0.274 e. The van der Waals surface area contributed by atoms with E-state index in [1.807, 2.05) is 36.7 Å². The van der Waals surface area contributed by atoms with Crippen LogP contribution >= 0.6 is 11.6 Å². The molecule has 0 saturated carbocycles. The summed E-state index contributed by atoms with van der Waals surface area (Å²) in [7, 11) is 0. The number of nitrogens with zero attached hydrogens (tertiary/aromatic N) is 3. The van der Waals surface area contributed by atoms with E-state index in [1.165, 1.54) is 0 Å². The monoisotopic (exact) mass is 316 g/mol. The van der Waals surface area contributed by atoms with Gasteiger partial charge in [-0.3, -0.25) is 9.89 Å². The number of benzene rings is 1. The standard InChI is InChI=1S/C16H17ClN4O/c1-11(2)15-14(9-20-8-7-18-10-20)19-21(16(15)22)13-5-3-12(17)4-6-13/h3-8,10-11,19H,9H2,1-2H3. The van der Waals surface area contributed by atoms with E-state index in [0.29, 0.717) is 11.6 Å². The molecule has 0 atom stereocenters. The SMILES string of the molecule is CC(C)c1c(Cn2ccnc2)[nH]n(-c2ccc(Cl)cc2)c1=O. The molecule has 2 heterocycles. The van der Waals surface area contributed by atoms with Crippen molar-refractivity contribution < 1.29 is 0 Å². The van der Waals surface area contributed by atoms with Crippen molar-refractivity contribution in [2.45, 2.75) is 26.3 Å². The summed E-state index contributed by atoms with van der Waals surface area (Å²) in [6, 6.07) is 7.19. The second-order valence-corrected chi connectivity index (χ2v) is 5.95. The minimum absolute atomic E-state index is 0.0209. The fourth-order valence-corrected chi connectivity index (χ4v) is 2.67. The van der Waals surface area contributed by atoms with Gasteiger partial charge in [-0.25, -0.2) is 9.67 Å². The van der Waals surface area contributed by atoms with Crippen molar-refractivity contribution in [1.82, 2.24) is 19.3 Å². The highest BCUT2D eigenvalue weighted by atomic mass is 35.5. The average Bonchev–Trinajstić information content (AvgIpc) is 3.08. The van der Waals surface area contributed by atoms with Crippen LogP contribution in [0.25, 0.3) is 5.69 Å². The molecule has 1 N–H and O–H groups in total. The van der Waals surface area contributed by atoms with Crippen LogP contribution in [-0.4, -0.2) is 19.3 Å². The summed E-state index contributed by atoms with van der Waals surface area (Å²) in [6.45, 7) is 4.63. The first kappa shape index (κ1) is 14.7. The van der Waals surface area contributed by atoms with E-state index >= 15 is 0 Å². The lowest BCUT2D eigenvalue weighted by molar-refractivity contribution is 0.729. The Kier molecular flexibility index (Phi) is 3.90. The summed E-state index contributed by atoms with van der Waals surface area (Å²) in [5, 5.41) is 3.86. The number of imidazole rings is 1. The number of halogens is 1. The van der Waals surface area contributed by atoms with Crippen LogP contribution in [0, 0.1) is 0 Å². The maximum absolute atomic E-state index is 12.7. The van der Waals surface area contributed by atoms with Crippen LogP contribution < -0.4 is 5.56 Å². The molecular formula is C16H17ClN4O. The van der Waals surface area contributed by atoms with Crippen LogP contribution in [0.2, 0.25) is 5.02 Å². The van der Waals surface area contributed by atoms with Crippen molar-refractivity contribution in [2.24, 2.45) is 0 Å². The highest BCUT2D eigenvalue weighted by molar-refractivity contribution is 6.30. The summed E-state index contributed by atoms with van der Waals surface area (Å²) < 4.78 is 3.50. The number of aromatic amines is 1. The zero-order valence-corrected chi connectivity index (χ0v) is 13.2. The number of rotatable bonds is 4. The first-order valence-corrected chi connectivity index (χ1v) is 7.49. The van der Waals surface area contributed by atoms with Gasteiger partial charge >= 0.3 is 0 Å². The van der Waals surface area contributed by atoms with Gasteiger partial charge in [0.1, 0.15) is 0 Å². The summed E-state index contributed by atoms with van der Waals surface area (Å²) in [6.07, 6.45) is 5.34. The molecule has 2 aromatic heterocycles. The van der Waals surface area contributed by atoms with E-state index in [-0.39, 0.29) is 11.5 Å². The minimum Gasteiger partial charge on any atom is -0.332 e. The molecule has 22 heavy (non-hydrogen) atoms. The quantitative estimate of drug-likeness (QED) is 0.803. The summed E-state index contributed by atoms with van der Waals surface area (Å²) in [4.78, 5) is 16.8. The van der Waals surface area contributed by atoms with Crippen LogP contribution in [0.5, 0.6) is 0 Å². The van der Waals surface area contributed by atoms with Crippen molar-refractivity contribution in [3.8, 4) is 5.69 Å². The van der Waals surface area contributed by atoms with Gasteiger partial charge in [0.05, 0.1) is 24.3 Å². The van der Waals surface area contributed by atoms with Crippen LogP contribution in [0.1, 0.15) is 31.0 Å². The van der Waals surface area contributed by atoms with Gasteiger partial charge in [0.2, 0.25) is 0 Å². The van der Waals surface area contributed by atoms with Crippen molar-refractivity contribution in [1.29, 1.82) is 0 Å². The van der Waals surface area contributed by atoms with Gasteiger partial charge in [0, 0.05) is 23.0 Å². The lowest BCUT2D eigenvalue weighted by atomic mass is 10.0. The van der Waals surface area contributed by atoms with Crippen LogP contribution in [0.15, 0.2) is 47.8 Å². The van der Waals surface area contributed by atoms with Crippen molar-refractivity contribution in [3.63, 3.8) is 0 Å². The van der Waals surface area contributed by atoms with E-state index in [4.69, 9.17) is 11.6 Å². The third-order valence-corrected chi connectivity index (χ3v) is 3.82. The van der Waals surface area contributed by atoms with Crippen molar-refractivity contribution >= 4 is 11.6 Å². The Balaban J connectivity index is 2.08. The predicted octanol–water partition coefficient (Wildman–Crippen LogP) is 3.19. The number of aromatic nitrogens is 4. The molecule has 5 nitrogen and oxygen atoms in total. The van der Waals surface area contributed by atoms with E-state index in [0.717, 1.165) is 16.9 Å². The normalized spacial score (nSPS) is 11.3. The van der Waals surface area contributed by atoms with Gasteiger partial charge in [-0.15, -0.1) is 0 Å². The first-order valence-electron chi connectivity index (χ1n) is 7.11. The fourth-order valence-electron chi connectivity index (χ4n) is 2.55. The van der Waals surface area contributed by atoms with Gasteiger partial charge in [-0.05, 0) is 30.2 Å². The largest absolute Gasteiger partial charge is 0.332 e. The molecule has 0 fully saturated rings. The molecule has 0 bridgehead atoms. The van der Waals surface area contributed by atoms with Crippen LogP contribution in [0.4, 0.5) is 0 Å². The fraction of sp³-hybridized carbons (Fsp3) is 0.250.